The molecule has 0 unspecified atom stereocenters. The second kappa shape index (κ2) is 6.14. The lowest BCUT2D eigenvalue weighted by molar-refractivity contribution is 0.199. The molecule has 0 bridgehead atoms. The third-order valence-electron chi connectivity index (χ3n) is 2.77. The van der Waals surface area contributed by atoms with Crippen LogP contribution < -0.4 is 5.32 Å². The Morgan fingerprint density at radius 1 is 1.32 bits per heavy atom. The third kappa shape index (κ3) is 3.12. The number of ether oxygens (including phenoxy) is 1. The van der Waals surface area contributed by atoms with Crippen LogP contribution >= 0.6 is 0 Å². The van der Waals surface area contributed by atoms with Crippen molar-refractivity contribution >= 4 is 22.0 Å². The lowest BCUT2D eigenvalue weighted by Gasteiger charge is -2.24. The zero-order valence-electron chi connectivity index (χ0n) is 10.7. The largest absolute Gasteiger partial charge is 0.383 e. The van der Waals surface area contributed by atoms with E-state index in [1.54, 1.807) is 31.4 Å². The van der Waals surface area contributed by atoms with E-state index in [0.717, 1.165) is 0 Å². The van der Waals surface area contributed by atoms with Crippen LogP contribution in [0, 0.1) is 0 Å². The molecule has 0 aliphatic carbocycles. The molecule has 1 N–H and O–H groups in total. The molecule has 104 valence electrons. The highest BCUT2D eigenvalue weighted by Gasteiger charge is 2.27. The molecule has 1 heterocycles. The minimum Gasteiger partial charge on any atom is -0.383 e. The van der Waals surface area contributed by atoms with E-state index in [0.29, 0.717) is 31.9 Å². The van der Waals surface area contributed by atoms with Crippen LogP contribution in [-0.4, -0.2) is 52.4 Å². The van der Waals surface area contributed by atoms with E-state index >= 15 is 0 Å². The molecule has 0 atom stereocenters. The first kappa shape index (κ1) is 14.0. The maximum absolute atomic E-state index is 12.3. The molecule has 2 rings (SSSR count). The Morgan fingerprint density at radius 2 is 2.11 bits per heavy atom. The molecule has 0 aromatic heterocycles. The molecular formula is C12H17N3O3S. The Hall–Kier alpha value is -1.44. The number of rotatable bonds is 6. The van der Waals surface area contributed by atoms with E-state index in [1.807, 2.05) is 0 Å². The second-order valence-electron chi connectivity index (χ2n) is 4.07. The van der Waals surface area contributed by atoms with Crippen molar-refractivity contribution in [3.8, 4) is 0 Å². The van der Waals surface area contributed by atoms with Crippen molar-refractivity contribution in [1.82, 2.24) is 9.62 Å². The summed E-state index contributed by atoms with van der Waals surface area (Å²) in [6.07, 6.45) is 1.37. The maximum Gasteiger partial charge on any atom is 0.267 e. The molecular weight excluding hydrogens is 266 g/mol. The Bertz CT molecular complexity index is 557. The van der Waals surface area contributed by atoms with Gasteiger partial charge in [-0.1, -0.05) is 12.1 Å². The smallest absolute Gasteiger partial charge is 0.267 e. The van der Waals surface area contributed by atoms with E-state index in [9.17, 15) is 8.42 Å². The minimum atomic E-state index is -3.46. The van der Waals surface area contributed by atoms with Gasteiger partial charge in [0.25, 0.3) is 10.0 Å². The zero-order valence-corrected chi connectivity index (χ0v) is 11.6. The van der Waals surface area contributed by atoms with Crippen LogP contribution in [0.15, 0.2) is 34.2 Å². The maximum atomic E-state index is 12.3. The van der Waals surface area contributed by atoms with Crippen LogP contribution in [0.5, 0.6) is 0 Å². The number of methoxy groups -OCH3 is 1. The average Bonchev–Trinajstić information content (AvgIpc) is 2.41. The highest BCUT2D eigenvalue weighted by atomic mass is 32.2. The number of nitrogens with one attached hydrogen (secondary N) is 1. The van der Waals surface area contributed by atoms with Crippen molar-refractivity contribution in [2.45, 2.75) is 4.90 Å². The molecule has 0 radical (unpaired) electrons. The van der Waals surface area contributed by atoms with Crippen molar-refractivity contribution in [2.75, 3.05) is 33.4 Å². The predicted molar refractivity (Wildman–Crippen MR) is 73.2 cm³/mol. The highest BCUT2D eigenvalue weighted by molar-refractivity contribution is 7.89. The topological polar surface area (TPSA) is 71.0 Å². The van der Waals surface area contributed by atoms with Crippen molar-refractivity contribution in [3.05, 3.63) is 24.3 Å². The molecule has 1 aliphatic rings. The molecule has 7 heteroatoms. The molecule has 1 aromatic carbocycles. The summed E-state index contributed by atoms with van der Waals surface area (Å²) in [5.74, 6) is 0. The van der Waals surface area contributed by atoms with Crippen LogP contribution in [-0.2, 0) is 14.8 Å². The number of fused-ring (bicyclic) bond motifs is 1. The zero-order chi connectivity index (χ0) is 13.7. The van der Waals surface area contributed by atoms with Gasteiger partial charge in [-0.3, -0.25) is 4.31 Å². The number of para-hydroxylation sites is 1. The molecule has 0 spiro atoms. The normalized spacial score (nSPS) is 16.4. The van der Waals surface area contributed by atoms with Crippen LogP contribution in [0.25, 0.3) is 0 Å². The van der Waals surface area contributed by atoms with E-state index < -0.39 is 10.0 Å². The van der Waals surface area contributed by atoms with Crippen molar-refractivity contribution in [1.29, 1.82) is 0 Å². The van der Waals surface area contributed by atoms with Gasteiger partial charge in [0.05, 0.1) is 12.3 Å². The fourth-order valence-corrected chi connectivity index (χ4v) is 3.15. The molecule has 1 aromatic rings. The Kier molecular flexibility index (Phi) is 4.52. The van der Waals surface area contributed by atoms with E-state index in [-0.39, 0.29) is 4.90 Å². The molecule has 0 amide bonds. The van der Waals surface area contributed by atoms with Gasteiger partial charge in [0.2, 0.25) is 0 Å². The first-order valence-corrected chi connectivity index (χ1v) is 7.45. The standard InChI is InChI=1S/C12H17N3O3S/c1-18-9-7-13-6-8-15-10-14-11-4-2-3-5-12(11)19(15,16)17/h2-5,10,13H,6-9H2,1H3. The Balaban J connectivity index is 2.01. The van der Waals surface area contributed by atoms with Crippen LogP contribution in [0.1, 0.15) is 0 Å². The van der Waals surface area contributed by atoms with Crippen molar-refractivity contribution in [3.63, 3.8) is 0 Å². The SMILES string of the molecule is COCCNCCN1C=Nc2ccccc2S1(=O)=O. The third-order valence-corrected chi connectivity index (χ3v) is 4.56. The first-order chi connectivity index (χ1) is 9.16. The minimum absolute atomic E-state index is 0.259. The van der Waals surface area contributed by atoms with E-state index in [2.05, 4.69) is 10.3 Å². The summed E-state index contributed by atoms with van der Waals surface area (Å²) in [6, 6.07) is 6.74. The number of nitrogens with zero attached hydrogens (tertiary/aromatic N) is 2. The molecule has 1 aliphatic heterocycles. The first-order valence-electron chi connectivity index (χ1n) is 6.01. The summed E-state index contributed by atoms with van der Waals surface area (Å²) in [7, 11) is -1.84. The van der Waals surface area contributed by atoms with Gasteiger partial charge < -0.3 is 10.1 Å². The number of aliphatic imine (C=N–C) groups is 1. The van der Waals surface area contributed by atoms with Crippen LogP contribution in [0.4, 0.5) is 5.69 Å². The average molecular weight is 283 g/mol. The van der Waals surface area contributed by atoms with Gasteiger partial charge in [0.15, 0.2) is 0 Å². The van der Waals surface area contributed by atoms with Gasteiger partial charge >= 0.3 is 0 Å². The van der Waals surface area contributed by atoms with Crippen LogP contribution in [0.2, 0.25) is 0 Å². The summed E-state index contributed by atoms with van der Waals surface area (Å²) in [6.45, 7) is 2.20. The highest BCUT2D eigenvalue weighted by Crippen LogP contribution is 2.29. The van der Waals surface area contributed by atoms with Gasteiger partial charge in [0, 0.05) is 26.7 Å². The van der Waals surface area contributed by atoms with Crippen molar-refractivity contribution in [2.24, 2.45) is 4.99 Å². The van der Waals surface area contributed by atoms with Gasteiger partial charge in [-0.25, -0.2) is 13.4 Å². The lowest BCUT2D eigenvalue weighted by atomic mass is 10.3. The molecule has 0 saturated heterocycles. The summed E-state index contributed by atoms with van der Waals surface area (Å²) in [5.41, 5.74) is 0.492. The van der Waals surface area contributed by atoms with Crippen LogP contribution in [0.3, 0.4) is 0 Å². The Labute approximate surface area is 113 Å². The summed E-state index contributed by atoms with van der Waals surface area (Å²) in [5, 5.41) is 3.10. The van der Waals surface area contributed by atoms with Gasteiger partial charge in [-0.2, -0.15) is 0 Å². The second-order valence-corrected chi connectivity index (χ2v) is 5.93. The molecule has 6 nitrogen and oxygen atoms in total. The lowest BCUT2D eigenvalue weighted by Crippen LogP contribution is -2.38. The number of benzene rings is 1. The quantitative estimate of drug-likeness (QED) is 0.776. The fraction of sp³-hybridized carbons (Fsp3) is 0.417. The molecule has 19 heavy (non-hydrogen) atoms. The Morgan fingerprint density at radius 3 is 2.89 bits per heavy atom. The molecule has 0 fully saturated rings. The summed E-state index contributed by atoms with van der Waals surface area (Å²) in [4.78, 5) is 4.41. The predicted octanol–water partition coefficient (Wildman–Crippen LogP) is 0.587. The van der Waals surface area contributed by atoms with Gasteiger partial charge in [0.1, 0.15) is 11.2 Å². The van der Waals surface area contributed by atoms with Gasteiger partial charge in [-0.15, -0.1) is 0 Å². The summed E-state index contributed by atoms with van der Waals surface area (Å²) < 4.78 is 30.8. The number of hydrogen-bond donors (Lipinski definition) is 1. The van der Waals surface area contributed by atoms with Crippen molar-refractivity contribution < 1.29 is 13.2 Å². The van der Waals surface area contributed by atoms with E-state index in [4.69, 9.17) is 4.74 Å². The number of hydrogen-bond acceptors (Lipinski definition) is 5. The summed E-state index contributed by atoms with van der Waals surface area (Å²) >= 11 is 0. The fourth-order valence-electron chi connectivity index (χ4n) is 1.76. The number of sulfonamides is 1. The monoisotopic (exact) mass is 283 g/mol. The van der Waals surface area contributed by atoms with E-state index in [1.165, 1.54) is 10.6 Å². The molecule has 0 saturated carbocycles. The van der Waals surface area contributed by atoms with Gasteiger partial charge in [-0.05, 0) is 12.1 Å².